The summed E-state index contributed by atoms with van der Waals surface area (Å²) >= 11 is 0. The van der Waals surface area contributed by atoms with Crippen molar-refractivity contribution < 1.29 is 23.9 Å². The first kappa shape index (κ1) is 16.2. The van der Waals surface area contributed by atoms with Gasteiger partial charge in [-0.05, 0) is 34.1 Å². The summed E-state index contributed by atoms with van der Waals surface area (Å²) in [6, 6.07) is 0. The molecule has 1 N–H and O–H groups in total. The molecule has 1 aliphatic heterocycles. The van der Waals surface area contributed by atoms with Gasteiger partial charge in [-0.15, -0.1) is 0 Å². The van der Waals surface area contributed by atoms with Crippen LogP contribution in [0, 0.1) is 0 Å². The second-order valence-corrected chi connectivity index (χ2v) is 5.69. The number of nitrogens with one attached hydrogen (secondary N) is 1. The van der Waals surface area contributed by atoms with Crippen molar-refractivity contribution in [3.05, 3.63) is 11.1 Å². The lowest BCUT2D eigenvalue weighted by molar-refractivity contribution is -0.188. The van der Waals surface area contributed by atoms with Crippen molar-refractivity contribution >= 4 is 17.8 Å². The van der Waals surface area contributed by atoms with Crippen LogP contribution in [-0.2, 0) is 23.9 Å². The first-order valence-electron chi connectivity index (χ1n) is 6.49. The van der Waals surface area contributed by atoms with Gasteiger partial charge >= 0.3 is 17.7 Å². The Bertz CT molecular complexity index is 486. The Morgan fingerprint density at radius 1 is 1.30 bits per heavy atom. The topological polar surface area (TPSA) is 81.7 Å². The second kappa shape index (κ2) is 5.26. The minimum absolute atomic E-state index is 0.370. The molecular weight excluding hydrogens is 262 g/mol. The summed E-state index contributed by atoms with van der Waals surface area (Å²) in [7, 11) is 0. The Morgan fingerprint density at radius 2 is 1.85 bits per heavy atom. The van der Waals surface area contributed by atoms with E-state index in [0.717, 1.165) is 0 Å². The van der Waals surface area contributed by atoms with Gasteiger partial charge in [-0.25, -0.2) is 4.79 Å². The summed E-state index contributed by atoms with van der Waals surface area (Å²) in [6.07, 6.45) is 0.434. The Hall–Kier alpha value is -1.85. The second-order valence-electron chi connectivity index (χ2n) is 5.69. The number of carbonyl (C=O) groups is 3. The molecule has 1 rings (SSSR count). The molecule has 0 saturated carbocycles. The number of rotatable bonds is 3. The highest BCUT2D eigenvalue weighted by atomic mass is 16.6. The van der Waals surface area contributed by atoms with Crippen molar-refractivity contribution in [2.45, 2.75) is 59.3 Å². The summed E-state index contributed by atoms with van der Waals surface area (Å²) in [5, 5.41) is 2.44. The summed E-state index contributed by atoms with van der Waals surface area (Å²) in [5.41, 5.74) is -1.81. The van der Waals surface area contributed by atoms with Crippen LogP contribution in [0.25, 0.3) is 0 Å². The lowest BCUT2D eigenvalue weighted by Crippen LogP contribution is -2.56. The van der Waals surface area contributed by atoms with Gasteiger partial charge in [0.25, 0.3) is 5.91 Å². The molecule has 112 valence electrons. The SMILES string of the molecule is CCC1=C(C)C(OC(C)=O)(C(=O)OC(C)(C)C)NC1=O. The molecule has 1 heterocycles. The average molecular weight is 283 g/mol. The number of ether oxygens (including phenoxy) is 2. The van der Waals surface area contributed by atoms with E-state index in [0.29, 0.717) is 17.6 Å². The van der Waals surface area contributed by atoms with Crippen LogP contribution in [0.15, 0.2) is 11.1 Å². The van der Waals surface area contributed by atoms with E-state index in [4.69, 9.17) is 9.47 Å². The fourth-order valence-corrected chi connectivity index (χ4v) is 2.05. The zero-order valence-electron chi connectivity index (χ0n) is 12.7. The molecule has 6 heteroatoms. The molecule has 0 aromatic heterocycles. The van der Waals surface area contributed by atoms with Gasteiger partial charge in [-0.1, -0.05) is 6.92 Å². The van der Waals surface area contributed by atoms with Gasteiger partial charge in [0.1, 0.15) is 5.60 Å². The summed E-state index contributed by atoms with van der Waals surface area (Å²) in [6.45, 7) is 9.64. The van der Waals surface area contributed by atoms with Gasteiger partial charge in [0.15, 0.2) is 0 Å². The Balaban J connectivity index is 3.26. The van der Waals surface area contributed by atoms with E-state index in [-0.39, 0.29) is 0 Å². The molecular formula is C14H21NO5. The number of hydrogen-bond acceptors (Lipinski definition) is 5. The van der Waals surface area contributed by atoms with E-state index < -0.39 is 29.2 Å². The molecule has 0 saturated heterocycles. The van der Waals surface area contributed by atoms with E-state index in [1.165, 1.54) is 6.92 Å². The van der Waals surface area contributed by atoms with Crippen LogP contribution in [0.3, 0.4) is 0 Å². The highest BCUT2D eigenvalue weighted by Crippen LogP contribution is 2.32. The van der Waals surface area contributed by atoms with E-state index >= 15 is 0 Å². The van der Waals surface area contributed by atoms with Crippen LogP contribution in [-0.4, -0.2) is 29.2 Å². The standard InChI is InChI=1S/C14H21NO5/c1-7-10-8(2)14(15-11(10)17,19-9(3)16)12(18)20-13(4,5)6/h7H2,1-6H3,(H,15,17). The zero-order valence-corrected chi connectivity index (χ0v) is 12.7. The molecule has 20 heavy (non-hydrogen) atoms. The van der Waals surface area contributed by atoms with Gasteiger partial charge < -0.3 is 14.8 Å². The molecule has 0 radical (unpaired) electrons. The van der Waals surface area contributed by atoms with Gasteiger partial charge in [0, 0.05) is 18.1 Å². The highest BCUT2D eigenvalue weighted by Gasteiger charge is 2.54. The molecule has 6 nitrogen and oxygen atoms in total. The predicted molar refractivity (Wildman–Crippen MR) is 71.5 cm³/mol. The summed E-state index contributed by atoms with van der Waals surface area (Å²) in [4.78, 5) is 35.6. The maximum absolute atomic E-state index is 12.4. The number of amides is 1. The average Bonchev–Trinajstić information content (AvgIpc) is 2.48. The summed E-state index contributed by atoms with van der Waals surface area (Å²) < 4.78 is 10.4. The molecule has 0 aliphatic carbocycles. The predicted octanol–water partition coefficient (Wildman–Crippen LogP) is 1.44. The molecule has 1 unspecified atom stereocenters. The number of hydrogen-bond donors (Lipinski definition) is 1. The van der Waals surface area contributed by atoms with Crippen molar-refractivity contribution in [2.75, 3.05) is 0 Å². The molecule has 1 aliphatic rings. The van der Waals surface area contributed by atoms with Crippen molar-refractivity contribution in [1.82, 2.24) is 5.32 Å². The summed E-state index contributed by atoms with van der Waals surface area (Å²) in [5.74, 6) is -1.89. The van der Waals surface area contributed by atoms with Crippen LogP contribution in [0.2, 0.25) is 0 Å². The Labute approximate surface area is 118 Å². The third-order valence-electron chi connectivity index (χ3n) is 2.88. The van der Waals surface area contributed by atoms with Crippen molar-refractivity contribution in [1.29, 1.82) is 0 Å². The first-order valence-corrected chi connectivity index (χ1v) is 6.49. The van der Waals surface area contributed by atoms with Crippen LogP contribution >= 0.6 is 0 Å². The minimum atomic E-state index is -1.85. The molecule has 1 amide bonds. The zero-order chi connectivity index (χ0) is 15.7. The Morgan fingerprint density at radius 3 is 2.20 bits per heavy atom. The fourth-order valence-electron chi connectivity index (χ4n) is 2.05. The van der Waals surface area contributed by atoms with E-state index in [2.05, 4.69) is 5.32 Å². The van der Waals surface area contributed by atoms with Crippen LogP contribution in [0.1, 0.15) is 48.0 Å². The monoisotopic (exact) mass is 283 g/mol. The van der Waals surface area contributed by atoms with Crippen LogP contribution < -0.4 is 5.32 Å². The number of esters is 2. The molecule has 0 fully saturated rings. The smallest absolute Gasteiger partial charge is 0.377 e. The van der Waals surface area contributed by atoms with Gasteiger partial charge in [-0.2, -0.15) is 0 Å². The quantitative estimate of drug-likeness (QED) is 0.793. The molecule has 0 aromatic rings. The van der Waals surface area contributed by atoms with Gasteiger partial charge in [0.2, 0.25) is 0 Å². The minimum Gasteiger partial charge on any atom is -0.455 e. The molecule has 0 bridgehead atoms. The third-order valence-corrected chi connectivity index (χ3v) is 2.88. The largest absolute Gasteiger partial charge is 0.455 e. The fraction of sp³-hybridized carbons (Fsp3) is 0.643. The van der Waals surface area contributed by atoms with Gasteiger partial charge in [0.05, 0.1) is 0 Å². The highest BCUT2D eigenvalue weighted by molar-refractivity contribution is 6.05. The lowest BCUT2D eigenvalue weighted by atomic mass is 10.0. The Kier molecular flexibility index (Phi) is 4.27. The maximum atomic E-state index is 12.4. The van der Waals surface area contributed by atoms with Crippen molar-refractivity contribution in [3.63, 3.8) is 0 Å². The third kappa shape index (κ3) is 3.00. The normalized spacial score (nSPS) is 22.6. The van der Waals surface area contributed by atoms with E-state index in [1.807, 2.05) is 0 Å². The first-order chi connectivity index (χ1) is 9.03. The van der Waals surface area contributed by atoms with Gasteiger partial charge in [-0.3, -0.25) is 9.59 Å². The molecule has 0 aromatic carbocycles. The van der Waals surface area contributed by atoms with Crippen LogP contribution in [0.5, 0.6) is 0 Å². The van der Waals surface area contributed by atoms with E-state index in [1.54, 1.807) is 34.6 Å². The van der Waals surface area contributed by atoms with Crippen LogP contribution in [0.4, 0.5) is 0 Å². The lowest BCUT2D eigenvalue weighted by Gasteiger charge is -2.31. The molecule has 0 spiro atoms. The van der Waals surface area contributed by atoms with E-state index in [9.17, 15) is 14.4 Å². The molecule has 1 atom stereocenters. The maximum Gasteiger partial charge on any atom is 0.377 e. The van der Waals surface area contributed by atoms with Crippen molar-refractivity contribution in [3.8, 4) is 0 Å². The number of carbonyl (C=O) groups excluding carboxylic acids is 3. The van der Waals surface area contributed by atoms with Crippen molar-refractivity contribution in [2.24, 2.45) is 0 Å².